The van der Waals surface area contributed by atoms with Crippen molar-refractivity contribution in [1.82, 2.24) is 0 Å². The van der Waals surface area contributed by atoms with Crippen molar-refractivity contribution < 1.29 is 10.2 Å². The van der Waals surface area contributed by atoms with Crippen LogP contribution in [0.4, 0.5) is 0 Å². The van der Waals surface area contributed by atoms with E-state index in [1.165, 1.54) is 0 Å². The van der Waals surface area contributed by atoms with Crippen LogP contribution < -0.4 is 5.73 Å². The van der Waals surface area contributed by atoms with Gasteiger partial charge >= 0.3 is 0 Å². The minimum absolute atomic E-state index is 0.258. The lowest BCUT2D eigenvalue weighted by Gasteiger charge is -2.15. The van der Waals surface area contributed by atoms with Crippen LogP contribution in [0.2, 0.25) is 0 Å². The number of phenolic OH excluding ortho intramolecular Hbond substituents is 1. The van der Waals surface area contributed by atoms with E-state index in [0.29, 0.717) is 13.0 Å². The Kier molecular flexibility index (Phi) is 3.92. The predicted octanol–water partition coefficient (Wildman–Crippen LogP) is 1.21. The Hall–Kier alpha value is -1.06. The molecular formula is C11H17NO2. The highest BCUT2D eigenvalue weighted by molar-refractivity contribution is 5.27. The molecule has 0 heterocycles. The number of hydrogen-bond acceptors (Lipinski definition) is 3. The van der Waals surface area contributed by atoms with Crippen molar-refractivity contribution in [3.05, 3.63) is 29.8 Å². The molecule has 1 rings (SSSR count). The van der Waals surface area contributed by atoms with Crippen LogP contribution in [0.3, 0.4) is 0 Å². The van der Waals surface area contributed by atoms with Gasteiger partial charge in [-0.25, -0.2) is 0 Å². The van der Waals surface area contributed by atoms with E-state index >= 15 is 0 Å². The maximum Gasteiger partial charge on any atom is 0.115 e. The molecule has 0 bridgehead atoms. The first-order valence-corrected chi connectivity index (χ1v) is 4.80. The minimum Gasteiger partial charge on any atom is -0.508 e. The van der Waals surface area contributed by atoms with Gasteiger partial charge in [-0.05, 0) is 30.0 Å². The Morgan fingerprint density at radius 3 is 2.36 bits per heavy atom. The Balaban J connectivity index is 2.60. The molecule has 0 aliphatic carbocycles. The second-order valence-corrected chi connectivity index (χ2v) is 3.62. The summed E-state index contributed by atoms with van der Waals surface area (Å²) in [5.41, 5.74) is 6.44. The molecule has 0 radical (unpaired) electrons. The standard InChI is InChI=1S/C11H17NO2/c1-8(6-11(14)7-12)9-2-4-10(13)5-3-9/h2-5,8,11,13-14H,6-7,12H2,1H3. The normalized spacial score (nSPS) is 15.1. The maximum absolute atomic E-state index is 9.37. The predicted molar refractivity (Wildman–Crippen MR) is 56.2 cm³/mol. The van der Waals surface area contributed by atoms with Crippen molar-refractivity contribution in [3.8, 4) is 5.75 Å². The summed E-state index contributed by atoms with van der Waals surface area (Å²) in [5, 5.41) is 18.5. The molecule has 0 aliphatic heterocycles. The number of benzene rings is 1. The minimum atomic E-state index is -0.446. The first kappa shape index (κ1) is 11.0. The molecule has 0 saturated carbocycles. The zero-order valence-electron chi connectivity index (χ0n) is 8.35. The molecule has 2 atom stereocenters. The van der Waals surface area contributed by atoms with Gasteiger partial charge in [0.25, 0.3) is 0 Å². The second kappa shape index (κ2) is 4.98. The van der Waals surface area contributed by atoms with Crippen LogP contribution in [0.25, 0.3) is 0 Å². The van der Waals surface area contributed by atoms with Crippen LogP contribution >= 0.6 is 0 Å². The van der Waals surface area contributed by atoms with E-state index in [4.69, 9.17) is 10.8 Å². The van der Waals surface area contributed by atoms with Crippen molar-refractivity contribution in [3.63, 3.8) is 0 Å². The topological polar surface area (TPSA) is 66.5 Å². The molecule has 14 heavy (non-hydrogen) atoms. The molecule has 3 nitrogen and oxygen atoms in total. The highest BCUT2D eigenvalue weighted by Gasteiger charge is 2.10. The van der Waals surface area contributed by atoms with Crippen molar-refractivity contribution >= 4 is 0 Å². The molecule has 0 spiro atoms. The van der Waals surface area contributed by atoms with E-state index in [0.717, 1.165) is 5.56 Å². The number of phenols is 1. The van der Waals surface area contributed by atoms with Gasteiger partial charge in [-0.2, -0.15) is 0 Å². The van der Waals surface area contributed by atoms with E-state index < -0.39 is 6.10 Å². The van der Waals surface area contributed by atoms with E-state index in [2.05, 4.69) is 0 Å². The van der Waals surface area contributed by atoms with E-state index in [-0.39, 0.29) is 11.7 Å². The molecule has 1 aromatic carbocycles. The molecule has 1 aromatic rings. The van der Waals surface area contributed by atoms with Crippen molar-refractivity contribution in [2.24, 2.45) is 5.73 Å². The summed E-state index contributed by atoms with van der Waals surface area (Å²) in [7, 11) is 0. The van der Waals surface area contributed by atoms with Crippen LogP contribution in [0.1, 0.15) is 24.8 Å². The molecule has 4 N–H and O–H groups in total. The third-order valence-corrected chi connectivity index (χ3v) is 2.36. The van der Waals surface area contributed by atoms with Crippen molar-refractivity contribution in [2.75, 3.05) is 6.54 Å². The van der Waals surface area contributed by atoms with Gasteiger partial charge in [-0.15, -0.1) is 0 Å². The largest absolute Gasteiger partial charge is 0.508 e. The molecule has 0 amide bonds. The SMILES string of the molecule is CC(CC(O)CN)c1ccc(O)cc1. The zero-order valence-corrected chi connectivity index (χ0v) is 8.35. The average molecular weight is 195 g/mol. The van der Waals surface area contributed by atoms with E-state index in [9.17, 15) is 5.11 Å². The summed E-state index contributed by atoms with van der Waals surface area (Å²) in [6, 6.07) is 7.04. The Bertz CT molecular complexity index is 271. The van der Waals surface area contributed by atoms with E-state index in [1.807, 2.05) is 19.1 Å². The number of nitrogens with two attached hydrogens (primary N) is 1. The highest BCUT2D eigenvalue weighted by atomic mass is 16.3. The summed E-state index contributed by atoms with van der Waals surface area (Å²) in [6.07, 6.45) is 0.208. The summed E-state index contributed by atoms with van der Waals surface area (Å²) >= 11 is 0. The smallest absolute Gasteiger partial charge is 0.115 e. The lowest BCUT2D eigenvalue weighted by molar-refractivity contribution is 0.165. The fraction of sp³-hybridized carbons (Fsp3) is 0.455. The lowest BCUT2D eigenvalue weighted by Crippen LogP contribution is -2.21. The summed E-state index contributed by atoms with van der Waals surface area (Å²) in [4.78, 5) is 0. The van der Waals surface area contributed by atoms with Gasteiger partial charge in [0.05, 0.1) is 6.10 Å². The average Bonchev–Trinajstić information content (AvgIpc) is 2.18. The van der Waals surface area contributed by atoms with Gasteiger partial charge in [0.15, 0.2) is 0 Å². The second-order valence-electron chi connectivity index (χ2n) is 3.62. The van der Waals surface area contributed by atoms with Crippen LogP contribution in [-0.2, 0) is 0 Å². The summed E-state index contributed by atoms with van der Waals surface area (Å²) < 4.78 is 0. The van der Waals surface area contributed by atoms with Gasteiger partial charge in [-0.1, -0.05) is 19.1 Å². The maximum atomic E-state index is 9.37. The molecule has 78 valence electrons. The van der Waals surface area contributed by atoms with Gasteiger partial charge in [0, 0.05) is 6.54 Å². The monoisotopic (exact) mass is 195 g/mol. The number of aliphatic hydroxyl groups excluding tert-OH is 1. The van der Waals surface area contributed by atoms with Crippen molar-refractivity contribution in [2.45, 2.75) is 25.4 Å². The van der Waals surface area contributed by atoms with Crippen molar-refractivity contribution in [1.29, 1.82) is 0 Å². The summed E-state index contributed by atoms with van der Waals surface area (Å²) in [6.45, 7) is 2.33. The molecule has 0 aliphatic rings. The Morgan fingerprint density at radius 2 is 1.86 bits per heavy atom. The zero-order chi connectivity index (χ0) is 10.6. The number of hydrogen-bond donors (Lipinski definition) is 3. The Labute approximate surface area is 84.2 Å². The molecule has 0 fully saturated rings. The van der Waals surface area contributed by atoms with Crippen LogP contribution in [0.15, 0.2) is 24.3 Å². The number of aliphatic hydroxyl groups is 1. The first-order valence-electron chi connectivity index (χ1n) is 4.80. The molecular weight excluding hydrogens is 178 g/mol. The lowest BCUT2D eigenvalue weighted by atomic mass is 9.95. The van der Waals surface area contributed by atoms with E-state index in [1.54, 1.807) is 12.1 Å². The Morgan fingerprint density at radius 1 is 1.29 bits per heavy atom. The third-order valence-electron chi connectivity index (χ3n) is 2.36. The molecule has 2 unspecified atom stereocenters. The fourth-order valence-corrected chi connectivity index (χ4v) is 1.44. The quantitative estimate of drug-likeness (QED) is 0.676. The van der Waals surface area contributed by atoms with Crippen LogP contribution in [-0.4, -0.2) is 22.9 Å². The first-order chi connectivity index (χ1) is 6.63. The molecule has 0 saturated heterocycles. The third kappa shape index (κ3) is 3.01. The number of rotatable bonds is 4. The highest BCUT2D eigenvalue weighted by Crippen LogP contribution is 2.22. The number of aromatic hydroxyl groups is 1. The summed E-state index contributed by atoms with van der Waals surface area (Å²) in [5.74, 6) is 0.523. The molecule has 3 heteroatoms. The fourth-order valence-electron chi connectivity index (χ4n) is 1.44. The van der Waals surface area contributed by atoms with Crippen LogP contribution in [0.5, 0.6) is 5.75 Å². The van der Waals surface area contributed by atoms with Gasteiger partial charge in [-0.3, -0.25) is 0 Å². The van der Waals surface area contributed by atoms with Gasteiger partial charge in [0.2, 0.25) is 0 Å². The van der Waals surface area contributed by atoms with Gasteiger partial charge < -0.3 is 15.9 Å². The van der Waals surface area contributed by atoms with Crippen LogP contribution in [0, 0.1) is 0 Å². The molecule has 0 aromatic heterocycles. The van der Waals surface area contributed by atoms with Gasteiger partial charge in [0.1, 0.15) is 5.75 Å².